The Balaban J connectivity index is 1.48. The summed E-state index contributed by atoms with van der Waals surface area (Å²) in [7, 11) is 0. The average Bonchev–Trinajstić information content (AvgIpc) is 2.50. The minimum absolute atomic E-state index is 0.0154. The summed E-state index contributed by atoms with van der Waals surface area (Å²) < 4.78 is 11.5. The summed E-state index contributed by atoms with van der Waals surface area (Å²) in [4.78, 5) is 0. The molecular formula is C16H26O3. The fraction of sp³-hybridized carbons (Fsp3) is 1.00. The predicted octanol–water partition coefficient (Wildman–Crippen LogP) is 2.57. The van der Waals surface area contributed by atoms with Crippen LogP contribution in [0.25, 0.3) is 0 Å². The van der Waals surface area contributed by atoms with Crippen LogP contribution in [0.1, 0.15) is 46.0 Å². The molecule has 7 atom stereocenters. The topological polar surface area (TPSA) is 38.7 Å². The Labute approximate surface area is 115 Å². The van der Waals surface area contributed by atoms with Crippen LogP contribution in [0, 0.1) is 28.6 Å². The van der Waals surface area contributed by atoms with E-state index in [-0.39, 0.29) is 12.4 Å². The van der Waals surface area contributed by atoms with Crippen molar-refractivity contribution in [2.45, 2.75) is 58.3 Å². The first kappa shape index (κ1) is 12.6. The second kappa shape index (κ2) is 3.96. The van der Waals surface area contributed by atoms with Crippen molar-refractivity contribution in [3.8, 4) is 0 Å². The van der Waals surface area contributed by atoms with Crippen molar-refractivity contribution in [3.05, 3.63) is 0 Å². The molecule has 3 heteroatoms. The Bertz CT molecular complexity index is 380. The number of rotatable bonds is 5. The zero-order valence-electron chi connectivity index (χ0n) is 12.1. The van der Waals surface area contributed by atoms with Crippen molar-refractivity contribution in [2.24, 2.45) is 28.6 Å². The summed E-state index contributed by atoms with van der Waals surface area (Å²) >= 11 is 0. The van der Waals surface area contributed by atoms with Gasteiger partial charge in [0.1, 0.15) is 0 Å². The Morgan fingerprint density at radius 2 is 2.05 bits per heavy atom. The minimum Gasteiger partial charge on any atom is -0.393 e. The first-order valence-corrected chi connectivity index (χ1v) is 7.99. The maximum absolute atomic E-state index is 10.4. The molecule has 0 heterocycles. The smallest absolute Gasteiger partial charge is 0.154 e. The largest absolute Gasteiger partial charge is 0.393 e. The van der Waals surface area contributed by atoms with Crippen LogP contribution in [0.2, 0.25) is 0 Å². The van der Waals surface area contributed by atoms with Crippen molar-refractivity contribution in [2.75, 3.05) is 13.2 Å². The van der Waals surface area contributed by atoms with Crippen LogP contribution in [0.4, 0.5) is 0 Å². The van der Waals surface area contributed by atoms with Gasteiger partial charge < -0.3 is 14.6 Å². The molecule has 0 aliphatic heterocycles. The molecule has 0 aromatic carbocycles. The number of hydrogen-bond donors (Lipinski definition) is 1. The fourth-order valence-electron chi connectivity index (χ4n) is 6.22. The summed E-state index contributed by atoms with van der Waals surface area (Å²) in [6, 6.07) is 0. The summed E-state index contributed by atoms with van der Waals surface area (Å²) in [6.45, 7) is 5.55. The molecule has 5 fully saturated rings. The summed E-state index contributed by atoms with van der Waals surface area (Å²) in [6.07, 6.45) is 6.31. The second-order valence-electron chi connectivity index (χ2n) is 7.71. The van der Waals surface area contributed by atoms with Crippen molar-refractivity contribution >= 4 is 0 Å². The third-order valence-electron chi connectivity index (χ3n) is 6.64. The van der Waals surface area contributed by atoms with Gasteiger partial charge in [-0.05, 0) is 74.5 Å². The molecule has 1 spiro atoms. The van der Waals surface area contributed by atoms with Gasteiger partial charge in [0.05, 0.1) is 12.7 Å². The van der Waals surface area contributed by atoms with Crippen LogP contribution >= 0.6 is 0 Å². The zero-order valence-corrected chi connectivity index (χ0v) is 12.1. The van der Waals surface area contributed by atoms with E-state index in [1.165, 1.54) is 32.1 Å². The van der Waals surface area contributed by atoms with E-state index in [2.05, 4.69) is 0 Å². The van der Waals surface area contributed by atoms with Gasteiger partial charge in [-0.25, -0.2) is 0 Å². The van der Waals surface area contributed by atoms with Crippen molar-refractivity contribution in [1.29, 1.82) is 0 Å². The monoisotopic (exact) mass is 266 g/mol. The van der Waals surface area contributed by atoms with Crippen LogP contribution in [-0.4, -0.2) is 30.7 Å². The highest BCUT2D eigenvalue weighted by Crippen LogP contribution is 2.77. The van der Waals surface area contributed by atoms with Gasteiger partial charge in [0.15, 0.2) is 6.29 Å². The van der Waals surface area contributed by atoms with Crippen LogP contribution in [-0.2, 0) is 9.47 Å². The molecule has 1 N–H and O–H groups in total. The Morgan fingerprint density at radius 1 is 1.21 bits per heavy atom. The molecule has 0 radical (unpaired) electrons. The molecule has 5 saturated carbocycles. The van der Waals surface area contributed by atoms with Gasteiger partial charge in [0.2, 0.25) is 0 Å². The van der Waals surface area contributed by atoms with Crippen LogP contribution < -0.4 is 0 Å². The molecule has 4 bridgehead atoms. The highest BCUT2D eigenvalue weighted by Gasteiger charge is 2.72. The molecule has 5 aliphatic rings. The summed E-state index contributed by atoms with van der Waals surface area (Å²) in [5.74, 6) is 1.97. The van der Waals surface area contributed by atoms with E-state index < -0.39 is 0 Å². The number of aliphatic hydroxyl groups is 1. The molecule has 0 saturated heterocycles. The second-order valence-corrected chi connectivity index (χ2v) is 7.71. The van der Waals surface area contributed by atoms with Gasteiger partial charge in [-0.2, -0.15) is 0 Å². The standard InChI is InChI=1S/C16H26O3/c1-3-18-10(2)19-9-15-4-11-5-16(8-15)6-12(14(11)17)13(16)7-15/h10-14,17H,3-9H2,1-2H3. The number of hydrogen-bond acceptors (Lipinski definition) is 3. The Morgan fingerprint density at radius 3 is 2.84 bits per heavy atom. The molecule has 0 amide bonds. The van der Waals surface area contributed by atoms with Gasteiger partial charge in [0, 0.05) is 6.61 Å². The van der Waals surface area contributed by atoms with Gasteiger partial charge in [-0.1, -0.05) is 0 Å². The zero-order chi connectivity index (χ0) is 13.3. The summed E-state index contributed by atoms with van der Waals surface area (Å²) in [5, 5.41) is 10.4. The molecule has 19 heavy (non-hydrogen) atoms. The normalized spacial score (nSPS) is 55.1. The Hall–Kier alpha value is -0.120. The van der Waals surface area contributed by atoms with E-state index >= 15 is 0 Å². The lowest BCUT2D eigenvalue weighted by atomic mass is 9.43. The lowest BCUT2D eigenvalue weighted by Crippen LogP contribution is -2.59. The molecule has 3 nitrogen and oxygen atoms in total. The van der Waals surface area contributed by atoms with Gasteiger partial charge in [-0.3, -0.25) is 0 Å². The van der Waals surface area contributed by atoms with E-state index in [0.717, 1.165) is 12.5 Å². The van der Waals surface area contributed by atoms with E-state index in [1.807, 2.05) is 13.8 Å². The average molecular weight is 266 g/mol. The van der Waals surface area contributed by atoms with Gasteiger partial charge in [-0.15, -0.1) is 0 Å². The van der Waals surface area contributed by atoms with Crippen LogP contribution in [0.5, 0.6) is 0 Å². The third kappa shape index (κ3) is 1.61. The van der Waals surface area contributed by atoms with Crippen molar-refractivity contribution in [3.63, 3.8) is 0 Å². The molecule has 0 aromatic heterocycles. The molecule has 108 valence electrons. The van der Waals surface area contributed by atoms with Crippen molar-refractivity contribution in [1.82, 2.24) is 0 Å². The highest BCUT2D eigenvalue weighted by atomic mass is 16.7. The quantitative estimate of drug-likeness (QED) is 0.777. The van der Waals surface area contributed by atoms with Gasteiger partial charge in [0.25, 0.3) is 0 Å². The number of aliphatic hydroxyl groups excluding tert-OH is 1. The number of ether oxygens (including phenoxy) is 2. The lowest BCUT2D eigenvalue weighted by Gasteiger charge is -2.62. The minimum atomic E-state index is -0.0876. The SMILES string of the molecule is CCOC(C)OCC12CC3CC4(CC(C3O)C4C1)C2. The van der Waals surface area contributed by atoms with E-state index in [0.29, 0.717) is 29.3 Å². The molecular weight excluding hydrogens is 240 g/mol. The first-order chi connectivity index (χ1) is 9.07. The van der Waals surface area contributed by atoms with E-state index in [4.69, 9.17) is 9.47 Å². The van der Waals surface area contributed by atoms with Crippen molar-refractivity contribution < 1.29 is 14.6 Å². The lowest BCUT2D eigenvalue weighted by molar-refractivity contribution is -0.193. The van der Waals surface area contributed by atoms with E-state index in [1.54, 1.807) is 0 Å². The summed E-state index contributed by atoms with van der Waals surface area (Å²) in [5.41, 5.74) is 0.955. The van der Waals surface area contributed by atoms with E-state index in [9.17, 15) is 5.11 Å². The maximum atomic E-state index is 10.4. The van der Waals surface area contributed by atoms with Gasteiger partial charge >= 0.3 is 0 Å². The van der Waals surface area contributed by atoms with Crippen LogP contribution in [0.3, 0.4) is 0 Å². The highest BCUT2D eigenvalue weighted by molar-refractivity contribution is 5.21. The molecule has 5 rings (SSSR count). The first-order valence-electron chi connectivity index (χ1n) is 7.99. The van der Waals surface area contributed by atoms with Crippen LogP contribution in [0.15, 0.2) is 0 Å². The molecule has 0 aromatic rings. The maximum Gasteiger partial charge on any atom is 0.154 e. The Kier molecular flexibility index (Phi) is 2.63. The number of fused-ring (bicyclic) bond motifs is 1. The molecule has 5 aliphatic carbocycles. The third-order valence-corrected chi connectivity index (χ3v) is 6.64. The predicted molar refractivity (Wildman–Crippen MR) is 71.5 cm³/mol. The fourth-order valence-corrected chi connectivity index (χ4v) is 6.22. The molecule has 7 unspecified atom stereocenters.